The molecular weight excluding hydrogens is 284 g/mol. The third kappa shape index (κ3) is 4.26. The van der Waals surface area contributed by atoms with Crippen LogP contribution >= 0.6 is 11.8 Å². The molecule has 0 bridgehead atoms. The van der Waals surface area contributed by atoms with E-state index >= 15 is 0 Å². The van der Waals surface area contributed by atoms with E-state index in [0.717, 1.165) is 21.8 Å². The van der Waals surface area contributed by atoms with E-state index in [1.165, 1.54) is 11.8 Å². The van der Waals surface area contributed by atoms with Crippen molar-refractivity contribution in [2.75, 3.05) is 12.9 Å². The molecule has 0 spiro atoms. The molecule has 2 rings (SSSR count). The zero-order valence-corrected chi connectivity index (χ0v) is 13.2. The number of hydrogen-bond donors (Lipinski definition) is 0. The molecule has 0 heterocycles. The van der Waals surface area contributed by atoms with E-state index in [9.17, 15) is 4.79 Å². The molecule has 0 atom stereocenters. The number of benzene rings is 2. The summed E-state index contributed by atoms with van der Waals surface area (Å²) in [6.45, 7) is 3.87. The highest BCUT2D eigenvalue weighted by Gasteiger charge is 2.10. The summed E-state index contributed by atoms with van der Waals surface area (Å²) in [5.41, 5.74) is 1.94. The Morgan fingerprint density at radius 2 is 1.67 bits per heavy atom. The Bertz CT molecular complexity index is 600. The highest BCUT2D eigenvalue weighted by molar-refractivity contribution is 8.00. The molecule has 2 aromatic rings. The van der Waals surface area contributed by atoms with Gasteiger partial charge in [0.1, 0.15) is 11.5 Å². The average Bonchev–Trinajstić information content (AvgIpc) is 2.49. The van der Waals surface area contributed by atoms with E-state index in [1.54, 1.807) is 7.11 Å². The Morgan fingerprint density at radius 3 is 2.24 bits per heavy atom. The van der Waals surface area contributed by atoms with Crippen LogP contribution in [0.4, 0.5) is 0 Å². The number of carbonyl (C=O) groups excluding carboxylic acids is 1. The highest BCUT2D eigenvalue weighted by atomic mass is 32.2. The predicted molar refractivity (Wildman–Crippen MR) is 85.3 cm³/mol. The van der Waals surface area contributed by atoms with Crippen LogP contribution in [0.3, 0.4) is 0 Å². The topological polar surface area (TPSA) is 35.5 Å². The normalized spacial score (nSPS) is 10.2. The molecule has 2 aromatic carbocycles. The lowest BCUT2D eigenvalue weighted by Crippen LogP contribution is -2.12. The van der Waals surface area contributed by atoms with Crippen molar-refractivity contribution in [2.45, 2.75) is 18.7 Å². The Morgan fingerprint density at radius 1 is 1.05 bits per heavy atom. The number of methoxy groups -OCH3 is 1. The Balaban J connectivity index is 1.92. The monoisotopic (exact) mass is 302 g/mol. The summed E-state index contributed by atoms with van der Waals surface area (Å²) in [7, 11) is 1.63. The Hall–Kier alpha value is -1.94. The van der Waals surface area contributed by atoms with Crippen LogP contribution < -0.4 is 9.47 Å². The van der Waals surface area contributed by atoms with Crippen molar-refractivity contribution in [3.8, 4) is 11.5 Å². The summed E-state index contributed by atoms with van der Waals surface area (Å²) in [6, 6.07) is 13.4. The standard InChI is InChI=1S/C17H18O3S/c1-12-5-4-6-13(2)17(12)20-16(18)11-21-15-9-7-14(19-3)8-10-15/h4-10H,11H2,1-3H3. The van der Waals surface area contributed by atoms with Gasteiger partial charge in [-0.05, 0) is 49.2 Å². The Kier molecular flexibility index (Phi) is 5.28. The van der Waals surface area contributed by atoms with Crippen LogP contribution in [0.2, 0.25) is 0 Å². The minimum atomic E-state index is -0.242. The summed E-state index contributed by atoms with van der Waals surface area (Å²) < 4.78 is 10.6. The summed E-state index contributed by atoms with van der Waals surface area (Å²) in [5.74, 6) is 1.50. The van der Waals surface area contributed by atoms with Crippen molar-refractivity contribution in [3.05, 3.63) is 53.6 Å². The lowest BCUT2D eigenvalue weighted by molar-refractivity contribution is -0.131. The molecule has 3 nitrogen and oxygen atoms in total. The molecule has 4 heteroatoms. The van der Waals surface area contributed by atoms with Gasteiger partial charge < -0.3 is 9.47 Å². The molecule has 0 fully saturated rings. The second kappa shape index (κ2) is 7.18. The first-order valence-electron chi connectivity index (χ1n) is 6.64. The van der Waals surface area contributed by atoms with Crippen LogP contribution in [0.15, 0.2) is 47.4 Å². The predicted octanol–water partition coefficient (Wildman–Crippen LogP) is 4.01. The first kappa shape index (κ1) is 15.4. The van der Waals surface area contributed by atoms with Gasteiger partial charge in [-0.1, -0.05) is 18.2 Å². The number of rotatable bonds is 5. The molecular formula is C17H18O3S. The van der Waals surface area contributed by atoms with E-state index in [-0.39, 0.29) is 11.7 Å². The van der Waals surface area contributed by atoms with Gasteiger partial charge in [-0.2, -0.15) is 0 Å². The summed E-state index contributed by atoms with van der Waals surface area (Å²) >= 11 is 1.45. The fourth-order valence-electron chi connectivity index (χ4n) is 1.92. The lowest BCUT2D eigenvalue weighted by atomic mass is 10.1. The van der Waals surface area contributed by atoms with E-state index in [2.05, 4.69) is 0 Å². The van der Waals surface area contributed by atoms with Crippen LogP contribution in [0.5, 0.6) is 11.5 Å². The number of hydrogen-bond acceptors (Lipinski definition) is 4. The maximum Gasteiger partial charge on any atom is 0.321 e. The molecule has 0 amide bonds. The van der Waals surface area contributed by atoms with Gasteiger partial charge in [-0.15, -0.1) is 11.8 Å². The zero-order chi connectivity index (χ0) is 15.2. The third-order valence-corrected chi connectivity index (χ3v) is 4.03. The molecule has 0 unspecified atom stereocenters. The largest absolute Gasteiger partial charge is 0.497 e. The minimum absolute atomic E-state index is 0.242. The van der Waals surface area contributed by atoms with Gasteiger partial charge in [0.2, 0.25) is 0 Å². The molecule has 110 valence electrons. The van der Waals surface area contributed by atoms with Crippen LogP contribution in [0.1, 0.15) is 11.1 Å². The number of thioether (sulfide) groups is 1. The van der Waals surface area contributed by atoms with Crippen molar-refractivity contribution in [1.82, 2.24) is 0 Å². The van der Waals surface area contributed by atoms with Crippen molar-refractivity contribution < 1.29 is 14.3 Å². The Labute approximate surface area is 129 Å². The molecule has 0 radical (unpaired) electrons. The number of carbonyl (C=O) groups is 1. The van der Waals surface area contributed by atoms with Crippen molar-refractivity contribution >= 4 is 17.7 Å². The molecule has 0 aromatic heterocycles. The van der Waals surface area contributed by atoms with Crippen LogP contribution in [0.25, 0.3) is 0 Å². The van der Waals surface area contributed by atoms with Gasteiger partial charge in [-0.25, -0.2) is 0 Å². The van der Waals surface area contributed by atoms with E-state index in [1.807, 2.05) is 56.3 Å². The lowest BCUT2D eigenvalue weighted by Gasteiger charge is -2.10. The molecule has 0 N–H and O–H groups in total. The second-order valence-electron chi connectivity index (χ2n) is 4.66. The molecule has 0 aliphatic carbocycles. The maximum atomic E-state index is 11.9. The van der Waals surface area contributed by atoms with Gasteiger partial charge in [0.15, 0.2) is 0 Å². The smallest absolute Gasteiger partial charge is 0.321 e. The van der Waals surface area contributed by atoms with Gasteiger partial charge in [0, 0.05) is 4.90 Å². The maximum absolute atomic E-state index is 11.9. The van der Waals surface area contributed by atoms with E-state index < -0.39 is 0 Å². The zero-order valence-electron chi connectivity index (χ0n) is 12.4. The van der Waals surface area contributed by atoms with Gasteiger partial charge >= 0.3 is 5.97 Å². The van der Waals surface area contributed by atoms with Crippen LogP contribution in [-0.2, 0) is 4.79 Å². The fraction of sp³-hybridized carbons (Fsp3) is 0.235. The van der Waals surface area contributed by atoms with E-state index in [0.29, 0.717) is 5.75 Å². The quantitative estimate of drug-likeness (QED) is 0.475. The summed E-state index contributed by atoms with van der Waals surface area (Å²) in [4.78, 5) is 13.0. The number of aryl methyl sites for hydroxylation is 2. The van der Waals surface area contributed by atoms with Gasteiger partial charge in [0.05, 0.1) is 12.9 Å². The van der Waals surface area contributed by atoms with Crippen molar-refractivity contribution in [1.29, 1.82) is 0 Å². The minimum Gasteiger partial charge on any atom is -0.497 e. The molecule has 0 saturated carbocycles. The van der Waals surface area contributed by atoms with Gasteiger partial charge in [-0.3, -0.25) is 4.79 Å². The highest BCUT2D eigenvalue weighted by Crippen LogP contribution is 2.25. The van der Waals surface area contributed by atoms with Crippen molar-refractivity contribution in [2.24, 2.45) is 0 Å². The molecule has 0 aliphatic heterocycles. The fourth-order valence-corrected chi connectivity index (χ4v) is 2.59. The number of para-hydroxylation sites is 1. The molecule has 21 heavy (non-hydrogen) atoms. The number of esters is 1. The van der Waals surface area contributed by atoms with Crippen LogP contribution in [-0.4, -0.2) is 18.8 Å². The first-order chi connectivity index (χ1) is 10.1. The third-order valence-electron chi connectivity index (χ3n) is 3.04. The molecule has 0 saturated heterocycles. The number of ether oxygens (including phenoxy) is 2. The average molecular weight is 302 g/mol. The summed E-state index contributed by atoms with van der Waals surface area (Å²) in [5, 5.41) is 0. The summed E-state index contributed by atoms with van der Waals surface area (Å²) in [6.07, 6.45) is 0. The second-order valence-corrected chi connectivity index (χ2v) is 5.71. The molecule has 0 aliphatic rings. The van der Waals surface area contributed by atoms with Crippen molar-refractivity contribution in [3.63, 3.8) is 0 Å². The van der Waals surface area contributed by atoms with Crippen LogP contribution in [0, 0.1) is 13.8 Å². The van der Waals surface area contributed by atoms with Gasteiger partial charge in [0.25, 0.3) is 0 Å². The SMILES string of the molecule is COc1ccc(SCC(=O)Oc2c(C)cccc2C)cc1. The first-order valence-corrected chi connectivity index (χ1v) is 7.62. The van der Waals surface area contributed by atoms with E-state index in [4.69, 9.17) is 9.47 Å².